The summed E-state index contributed by atoms with van der Waals surface area (Å²) in [7, 11) is 0. The quantitative estimate of drug-likeness (QED) is 0.774. The molecule has 0 aliphatic rings. The fourth-order valence-electron chi connectivity index (χ4n) is 1.80. The van der Waals surface area contributed by atoms with E-state index in [9.17, 15) is 13.6 Å². The minimum absolute atomic E-state index is 0.122. The number of rotatable bonds is 8. The molecule has 0 saturated heterocycles. The second-order valence-electron chi connectivity index (χ2n) is 4.97. The predicted octanol–water partition coefficient (Wildman–Crippen LogP) is 2.32. The Morgan fingerprint density at radius 3 is 2.48 bits per heavy atom. The molecule has 0 spiro atoms. The van der Waals surface area contributed by atoms with Crippen molar-refractivity contribution < 1.29 is 18.3 Å². The van der Waals surface area contributed by atoms with Crippen molar-refractivity contribution in [3.05, 3.63) is 29.8 Å². The number of halogens is 2. The second-order valence-corrected chi connectivity index (χ2v) is 4.97. The summed E-state index contributed by atoms with van der Waals surface area (Å²) in [5.74, 6) is 0.0920. The van der Waals surface area contributed by atoms with Crippen LogP contribution in [0.1, 0.15) is 25.8 Å². The lowest BCUT2D eigenvalue weighted by Gasteiger charge is -2.17. The Hall–Kier alpha value is -1.69. The van der Waals surface area contributed by atoms with Crippen LogP contribution >= 0.6 is 0 Å². The van der Waals surface area contributed by atoms with Gasteiger partial charge in [0.05, 0.1) is 6.04 Å². The first kappa shape index (κ1) is 17.4. The van der Waals surface area contributed by atoms with E-state index in [-0.39, 0.29) is 17.6 Å². The molecule has 0 saturated carbocycles. The Labute approximate surface area is 123 Å². The number of benzene rings is 1. The van der Waals surface area contributed by atoms with Gasteiger partial charge >= 0.3 is 6.61 Å². The van der Waals surface area contributed by atoms with E-state index in [0.717, 1.165) is 12.0 Å². The van der Waals surface area contributed by atoms with Gasteiger partial charge in [-0.15, -0.1) is 0 Å². The topological polar surface area (TPSA) is 64.4 Å². The number of amides is 1. The van der Waals surface area contributed by atoms with Crippen molar-refractivity contribution in [2.75, 3.05) is 6.54 Å². The molecule has 0 aliphatic carbocycles. The molecule has 0 aromatic heterocycles. The molecule has 2 atom stereocenters. The number of nitrogens with two attached hydrogens (primary N) is 1. The minimum Gasteiger partial charge on any atom is -0.435 e. The molecule has 0 fully saturated rings. The van der Waals surface area contributed by atoms with Gasteiger partial charge < -0.3 is 15.8 Å². The summed E-state index contributed by atoms with van der Waals surface area (Å²) in [5, 5.41) is 2.78. The molecule has 4 nitrogen and oxygen atoms in total. The summed E-state index contributed by atoms with van der Waals surface area (Å²) in [6, 6.07) is 5.84. The molecule has 1 amide bonds. The highest BCUT2D eigenvalue weighted by Gasteiger charge is 2.18. The highest BCUT2D eigenvalue weighted by molar-refractivity contribution is 5.81. The van der Waals surface area contributed by atoms with Crippen molar-refractivity contribution in [3.8, 4) is 5.75 Å². The van der Waals surface area contributed by atoms with Crippen LogP contribution in [0.25, 0.3) is 0 Å². The van der Waals surface area contributed by atoms with Crippen LogP contribution in [0.4, 0.5) is 8.78 Å². The lowest BCUT2D eigenvalue weighted by molar-refractivity contribution is -0.123. The van der Waals surface area contributed by atoms with E-state index in [1.54, 1.807) is 12.1 Å². The predicted molar refractivity (Wildman–Crippen MR) is 77.2 cm³/mol. The van der Waals surface area contributed by atoms with Crippen LogP contribution in [0.3, 0.4) is 0 Å². The number of ether oxygens (including phenoxy) is 1. The zero-order valence-corrected chi connectivity index (χ0v) is 12.3. The number of hydrogen-bond donors (Lipinski definition) is 2. The zero-order valence-electron chi connectivity index (χ0n) is 12.3. The molecule has 3 N–H and O–H groups in total. The van der Waals surface area contributed by atoms with Crippen LogP contribution in [-0.2, 0) is 11.2 Å². The summed E-state index contributed by atoms with van der Waals surface area (Å²) >= 11 is 0. The molecule has 1 aromatic rings. The van der Waals surface area contributed by atoms with Crippen LogP contribution < -0.4 is 15.8 Å². The van der Waals surface area contributed by atoms with Crippen LogP contribution in [0.5, 0.6) is 5.75 Å². The third-order valence-electron chi connectivity index (χ3n) is 3.42. The van der Waals surface area contributed by atoms with E-state index < -0.39 is 12.7 Å². The van der Waals surface area contributed by atoms with Crippen LogP contribution in [0.2, 0.25) is 0 Å². The minimum atomic E-state index is -2.82. The molecule has 1 aromatic carbocycles. The molecule has 6 heteroatoms. The lowest BCUT2D eigenvalue weighted by Crippen LogP contribution is -2.45. The normalized spacial score (nSPS) is 13.8. The molecule has 0 bridgehead atoms. The Morgan fingerprint density at radius 2 is 1.95 bits per heavy atom. The standard InChI is InChI=1S/C15H22F2N2O2/c1-3-10(2)13(18)14(20)19-9-8-11-4-6-12(7-5-11)21-15(16)17/h4-7,10,13,15H,3,8-9,18H2,1-2H3,(H,19,20)/t10?,13-/m0/s1. The van der Waals surface area contributed by atoms with E-state index in [0.29, 0.717) is 13.0 Å². The Bertz CT molecular complexity index is 438. The van der Waals surface area contributed by atoms with Crippen molar-refractivity contribution in [2.24, 2.45) is 11.7 Å². The van der Waals surface area contributed by atoms with Crippen molar-refractivity contribution in [1.82, 2.24) is 5.32 Å². The Balaban J connectivity index is 2.37. The second kappa shape index (κ2) is 8.56. The average molecular weight is 300 g/mol. The van der Waals surface area contributed by atoms with Crippen molar-refractivity contribution >= 4 is 5.91 Å². The molecule has 118 valence electrons. The first-order chi connectivity index (χ1) is 9.93. The van der Waals surface area contributed by atoms with E-state index in [2.05, 4.69) is 10.1 Å². The summed E-state index contributed by atoms with van der Waals surface area (Å²) in [6.07, 6.45) is 1.45. The van der Waals surface area contributed by atoms with Crippen molar-refractivity contribution in [2.45, 2.75) is 39.3 Å². The molecule has 21 heavy (non-hydrogen) atoms. The van der Waals surface area contributed by atoms with Crippen LogP contribution in [0, 0.1) is 5.92 Å². The summed E-state index contributed by atoms with van der Waals surface area (Å²) in [6.45, 7) is 1.56. The summed E-state index contributed by atoms with van der Waals surface area (Å²) in [5.41, 5.74) is 6.74. The number of nitrogens with one attached hydrogen (secondary N) is 1. The molecular weight excluding hydrogens is 278 g/mol. The monoisotopic (exact) mass is 300 g/mol. The highest BCUT2D eigenvalue weighted by atomic mass is 19.3. The van der Waals surface area contributed by atoms with E-state index in [1.807, 2.05) is 13.8 Å². The SMILES string of the molecule is CCC(C)[C@H](N)C(=O)NCCc1ccc(OC(F)F)cc1. The zero-order chi connectivity index (χ0) is 15.8. The van der Waals surface area contributed by atoms with E-state index in [1.165, 1.54) is 12.1 Å². The van der Waals surface area contributed by atoms with Gasteiger partial charge in [0.15, 0.2) is 0 Å². The Morgan fingerprint density at radius 1 is 1.33 bits per heavy atom. The van der Waals surface area contributed by atoms with Crippen molar-refractivity contribution in [3.63, 3.8) is 0 Å². The van der Waals surface area contributed by atoms with Gasteiger partial charge in [-0.05, 0) is 30.0 Å². The van der Waals surface area contributed by atoms with Gasteiger partial charge in [0.1, 0.15) is 5.75 Å². The van der Waals surface area contributed by atoms with Crippen LogP contribution in [0.15, 0.2) is 24.3 Å². The van der Waals surface area contributed by atoms with Gasteiger partial charge in [0, 0.05) is 6.54 Å². The van der Waals surface area contributed by atoms with E-state index >= 15 is 0 Å². The van der Waals surface area contributed by atoms with Gasteiger partial charge in [-0.25, -0.2) is 0 Å². The molecule has 0 heterocycles. The van der Waals surface area contributed by atoms with E-state index in [4.69, 9.17) is 5.73 Å². The molecule has 1 rings (SSSR count). The van der Waals surface area contributed by atoms with Crippen LogP contribution in [-0.4, -0.2) is 25.1 Å². The van der Waals surface area contributed by atoms with Gasteiger partial charge in [0.2, 0.25) is 5.91 Å². The summed E-state index contributed by atoms with van der Waals surface area (Å²) in [4.78, 5) is 11.8. The average Bonchev–Trinajstić information content (AvgIpc) is 2.46. The lowest BCUT2D eigenvalue weighted by atomic mass is 9.99. The maximum absolute atomic E-state index is 12.0. The smallest absolute Gasteiger partial charge is 0.387 e. The first-order valence-corrected chi connectivity index (χ1v) is 7.01. The first-order valence-electron chi connectivity index (χ1n) is 7.01. The van der Waals surface area contributed by atoms with Gasteiger partial charge in [-0.3, -0.25) is 4.79 Å². The number of carbonyl (C=O) groups is 1. The number of alkyl halides is 2. The molecule has 0 radical (unpaired) electrons. The van der Waals surface area contributed by atoms with Crippen molar-refractivity contribution in [1.29, 1.82) is 0 Å². The number of carbonyl (C=O) groups excluding carboxylic acids is 1. The third-order valence-corrected chi connectivity index (χ3v) is 3.42. The number of hydrogen-bond acceptors (Lipinski definition) is 3. The fourth-order valence-corrected chi connectivity index (χ4v) is 1.80. The van der Waals surface area contributed by atoms with Gasteiger partial charge in [-0.1, -0.05) is 32.4 Å². The maximum Gasteiger partial charge on any atom is 0.387 e. The van der Waals surface area contributed by atoms with Gasteiger partial charge in [0.25, 0.3) is 0 Å². The molecule has 0 aliphatic heterocycles. The fraction of sp³-hybridized carbons (Fsp3) is 0.533. The summed E-state index contributed by atoms with van der Waals surface area (Å²) < 4.78 is 28.3. The highest BCUT2D eigenvalue weighted by Crippen LogP contribution is 2.15. The third kappa shape index (κ3) is 6.08. The largest absolute Gasteiger partial charge is 0.435 e. The van der Waals surface area contributed by atoms with Gasteiger partial charge in [-0.2, -0.15) is 8.78 Å². The molecular formula is C15H22F2N2O2. The Kier molecular flexibility index (Phi) is 7.08. The molecule has 1 unspecified atom stereocenters. The maximum atomic E-state index is 12.0.